The van der Waals surface area contributed by atoms with Crippen molar-refractivity contribution >= 4 is 23.9 Å². The second-order valence-electron chi connectivity index (χ2n) is 6.73. The smallest absolute Gasteiger partial charge is 0.318 e. The van der Waals surface area contributed by atoms with Crippen LogP contribution >= 0.6 is 0 Å². The van der Waals surface area contributed by atoms with Crippen LogP contribution in [0, 0.1) is 35.5 Å². The normalized spacial score (nSPS) is 34.3. The zero-order valence-corrected chi connectivity index (χ0v) is 14.1. The van der Waals surface area contributed by atoms with Gasteiger partial charge in [0.2, 0.25) is 0 Å². The molecule has 2 rings (SSSR count). The molecule has 2 aliphatic rings. The minimum Gasteiger partial charge on any atom is -0.481 e. The number of allylic oxidation sites excluding steroid dienone is 4. The van der Waals surface area contributed by atoms with E-state index in [-0.39, 0.29) is 24.7 Å². The van der Waals surface area contributed by atoms with Gasteiger partial charge in [-0.15, -0.1) is 0 Å². The summed E-state index contributed by atoms with van der Waals surface area (Å²) in [7, 11) is 0. The average molecular weight is 350 g/mol. The summed E-state index contributed by atoms with van der Waals surface area (Å²) in [5, 5.41) is 18.6. The Morgan fingerprint density at radius 2 is 1.16 bits per heavy atom. The first-order valence-electron chi connectivity index (χ1n) is 8.28. The standard InChI is InChI=1S/C18H22O7/c1-9-5-3-7-11(15(19)20)13(9)17(23)25-18(24)14-10(2)6-4-8-12(14)16(21)22/h3-6,9-14H,7-8H2,1-2H3,(H,19,20)(H,21,22). The first kappa shape index (κ1) is 18.9. The lowest BCUT2D eigenvalue weighted by molar-refractivity contribution is -0.174. The van der Waals surface area contributed by atoms with Gasteiger partial charge in [-0.25, -0.2) is 0 Å². The summed E-state index contributed by atoms with van der Waals surface area (Å²) in [5.41, 5.74) is 0. The number of hydrogen-bond acceptors (Lipinski definition) is 5. The second-order valence-corrected chi connectivity index (χ2v) is 6.73. The molecule has 6 unspecified atom stereocenters. The number of hydrogen-bond donors (Lipinski definition) is 2. The third-order valence-corrected chi connectivity index (χ3v) is 5.04. The molecule has 0 spiro atoms. The summed E-state index contributed by atoms with van der Waals surface area (Å²) in [5.74, 6) is -8.67. The van der Waals surface area contributed by atoms with Gasteiger partial charge in [0, 0.05) is 0 Å². The Morgan fingerprint density at radius 3 is 1.48 bits per heavy atom. The Bertz CT molecular complexity index is 579. The molecule has 0 amide bonds. The van der Waals surface area contributed by atoms with E-state index in [1.807, 2.05) is 0 Å². The van der Waals surface area contributed by atoms with Crippen LogP contribution in [0.15, 0.2) is 24.3 Å². The third-order valence-electron chi connectivity index (χ3n) is 5.04. The molecule has 0 aromatic heterocycles. The summed E-state index contributed by atoms with van der Waals surface area (Å²) in [4.78, 5) is 47.7. The van der Waals surface area contributed by atoms with Crippen LogP contribution < -0.4 is 0 Å². The van der Waals surface area contributed by atoms with Crippen LogP contribution in [0.4, 0.5) is 0 Å². The van der Waals surface area contributed by atoms with E-state index in [9.17, 15) is 29.4 Å². The lowest BCUT2D eigenvalue weighted by Crippen LogP contribution is -2.41. The molecule has 0 fully saturated rings. The van der Waals surface area contributed by atoms with Gasteiger partial charge in [0.05, 0.1) is 23.7 Å². The quantitative estimate of drug-likeness (QED) is 0.451. The van der Waals surface area contributed by atoms with Crippen molar-refractivity contribution in [3.05, 3.63) is 24.3 Å². The van der Waals surface area contributed by atoms with Crippen LogP contribution in [0.3, 0.4) is 0 Å². The molecular formula is C18H22O7. The maximum absolute atomic E-state index is 12.5. The molecule has 7 heteroatoms. The van der Waals surface area contributed by atoms with Crippen molar-refractivity contribution in [3.8, 4) is 0 Å². The maximum Gasteiger partial charge on any atom is 0.318 e. The van der Waals surface area contributed by atoms with E-state index in [1.54, 1.807) is 38.2 Å². The highest BCUT2D eigenvalue weighted by Gasteiger charge is 2.44. The molecule has 0 aromatic carbocycles. The van der Waals surface area contributed by atoms with Gasteiger partial charge in [0.25, 0.3) is 0 Å². The van der Waals surface area contributed by atoms with E-state index in [0.29, 0.717) is 0 Å². The number of carbonyl (C=O) groups is 4. The minimum atomic E-state index is -1.12. The van der Waals surface area contributed by atoms with Crippen molar-refractivity contribution < 1.29 is 34.1 Å². The predicted molar refractivity (Wildman–Crippen MR) is 86.2 cm³/mol. The van der Waals surface area contributed by atoms with E-state index < -0.39 is 47.5 Å². The van der Waals surface area contributed by atoms with Crippen molar-refractivity contribution in [3.63, 3.8) is 0 Å². The third kappa shape index (κ3) is 3.97. The largest absolute Gasteiger partial charge is 0.481 e. The van der Waals surface area contributed by atoms with E-state index in [4.69, 9.17) is 4.74 Å². The van der Waals surface area contributed by atoms with Crippen molar-refractivity contribution in [2.45, 2.75) is 26.7 Å². The Hall–Kier alpha value is -2.44. The van der Waals surface area contributed by atoms with Gasteiger partial charge in [0.1, 0.15) is 0 Å². The monoisotopic (exact) mass is 350 g/mol. The fourth-order valence-corrected chi connectivity index (χ4v) is 3.65. The number of rotatable bonds is 4. The zero-order valence-electron chi connectivity index (χ0n) is 14.1. The van der Waals surface area contributed by atoms with Gasteiger partial charge in [-0.05, 0) is 24.7 Å². The molecule has 0 saturated carbocycles. The molecule has 136 valence electrons. The van der Waals surface area contributed by atoms with Crippen LogP contribution in [0.25, 0.3) is 0 Å². The van der Waals surface area contributed by atoms with Gasteiger partial charge in [-0.3, -0.25) is 19.2 Å². The van der Waals surface area contributed by atoms with E-state index >= 15 is 0 Å². The minimum absolute atomic E-state index is 0.188. The van der Waals surface area contributed by atoms with Gasteiger partial charge in [0.15, 0.2) is 0 Å². The molecule has 7 nitrogen and oxygen atoms in total. The zero-order chi connectivity index (χ0) is 18.7. The fourth-order valence-electron chi connectivity index (χ4n) is 3.65. The van der Waals surface area contributed by atoms with Gasteiger partial charge >= 0.3 is 23.9 Å². The molecule has 0 saturated heterocycles. The first-order valence-corrected chi connectivity index (χ1v) is 8.28. The topological polar surface area (TPSA) is 118 Å². The average Bonchev–Trinajstić information content (AvgIpc) is 2.53. The van der Waals surface area contributed by atoms with Crippen molar-refractivity contribution in [1.82, 2.24) is 0 Å². The number of carboxylic acid groups (broad SMARTS) is 2. The van der Waals surface area contributed by atoms with Gasteiger partial charge in [-0.2, -0.15) is 0 Å². The lowest BCUT2D eigenvalue weighted by atomic mass is 9.75. The highest BCUT2D eigenvalue weighted by molar-refractivity contribution is 5.92. The number of esters is 2. The van der Waals surface area contributed by atoms with Crippen LogP contribution in [-0.4, -0.2) is 34.1 Å². The van der Waals surface area contributed by atoms with Crippen molar-refractivity contribution in [2.24, 2.45) is 35.5 Å². The van der Waals surface area contributed by atoms with Gasteiger partial charge < -0.3 is 14.9 Å². The molecule has 25 heavy (non-hydrogen) atoms. The fraction of sp³-hybridized carbons (Fsp3) is 0.556. The van der Waals surface area contributed by atoms with Crippen LogP contribution in [0.5, 0.6) is 0 Å². The number of ether oxygens (including phenoxy) is 1. The highest BCUT2D eigenvalue weighted by atomic mass is 16.6. The Morgan fingerprint density at radius 1 is 0.800 bits per heavy atom. The predicted octanol–water partition coefficient (Wildman–Crippen LogP) is 1.88. The van der Waals surface area contributed by atoms with E-state index in [2.05, 4.69) is 0 Å². The lowest BCUT2D eigenvalue weighted by Gasteiger charge is -2.31. The van der Waals surface area contributed by atoms with Crippen molar-refractivity contribution in [1.29, 1.82) is 0 Å². The molecule has 0 heterocycles. The van der Waals surface area contributed by atoms with E-state index in [1.165, 1.54) is 0 Å². The van der Waals surface area contributed by atoms with Crippen LogP contribution in [0.2, 0.25) is 0 Å². The molecule has 0 radical (unpaired) electrons. The summed E-state index contributed by atoms with van der Waals surface area (Å²) < 4.78 is 4.96. The number of carboxylic acids is 2. The number of aliphatic carboxylic acids is 2. The maximum atomic E-state index is 12.5. The van der Waals surface area contributed by atoms with E-state index in [0.717, 1.165) is 0 Å². The molecule has 0 aliphatic heterocycles. The first-order chi connectivity index (χ1) is 11.7. The molecule has 0 aromatic rings. The summed E-state index contributed by atoms with van der Waals surface area (Å²) in [6.45, 7) is 3.38. The Labute approximate surface area is 145 Å². The van der Waals surface area contributed by atoms with Gasteiger partial charge in [-0.1, -0.05) is 38.2 Å². The summed E-state index contributed by atoms with van der Waals surface area (Å²) in [6.07, 6.45) is 7.22. The molecule has 0 bridgehead atoms. The molecule has 2 N–H and O–H groups in total. The SMILES string of the molecule is CC1C=CCC(C(=O)O)C1C(=O)OC(=O)C1C(C)C=CCC1C(=O)O. The summed E-state index contributed by atoms with van der Waals surface area (Å²) >= 11 is 0. The van der Waals surface area contributed by atoms with Crippen molar-refractivity contribution in [2.75, 3.05) is 0 Å². The molecule has 2 aliphatic carbocycles. The Kier molecular flexibility index (Phi) is 5.77. The Balaban J connectivity index is 2.16. The van der Waals surface area contributed by atoms with Crippen LogP contribution in [-0.2, 0) is 23.9 Å². The molecule has 6 atom stereocenters. The molecular weight excluding hydrogens is 328 g/mol. The van der Waals surface area contributed by atoms with Crippen LogP contribution in [0.1, 0.15) is 26.7 Å². The second kappa shape index (κ2) is 7.63. The summed E-state index contributed by atoms with van der Waals surface area (Å²) in [6, 6.07) is 0. The highest BCUT2D eigenvalue weighted by Crippen LogP contribution is 2.34. The number of carbonyl (C=O) groups excluding carboxylic acids is 2.